The highest BCUT2D eigenvalue weighted by Crippen LogP contribution is 1.87. The minimum absolute atomic E-state index is 0.270. The Morgan fingerprint density at radius 1 is 1.90 bits per heavy atom. The van der Waals surface area contributed by atoms with Crippen molar-refractivity contribution in [1.29, 1.82) is 4.78 Å². The summed E-state index contributed by atoms with van der Waals surface area (Å²) < 4.78 is 7.23. The first-order valence-corrected chi connectivity index (χ1v) is 4.51. The van der Waals surface area contributed by atoms with Crippen LogP contribution in [0.5, 0.6) is 0 Å². The van der Waals surface area contributed by atoms with Gasteiger partial charge in [0, 0.05) is 11.5 Å². The molecule has 0 aromatic carbocycles. The summed E-state index contributed by atoms with van der Waals surface area (Å²) in [5, 5.41) is 8.32. The van der Waals surface area contributed by atoms with E-state index in [4.69, 9.17) is 15.6 Å². The first-order valence-electron chi connectivity index (χ1n) is 2.95. The van der Waals surface area contributed by atoms with Crippen molar-refractivity contribution in [2.75, 3.05) is 11.5 Å². The molecule has 0 aliphatic heterocycles. The average molecular weight is 164 g/mol. The minimum atomic E-state index is -1.02. The van der Waals surface area contributed by atoms with Crippen molar-refractivity contribution < 1.29 is 9.90 Å². The number of hydrogen-bond acceptors (Lipinski definition) is 3. The fourth-order valence-electron chi connectivity index (χ4n) is 0.406. The van der Waals surface area contributed by atoms with Gasteiger partial charge in [-0.1, -0.05) is 6.92 Å². The third-order valence-electron chi connectivity index (χ3n) is 1.05. The summed E-state index contributed by atoms with van der Waals surface area (Å²) in [5.74, 6) is -0.0644. The number of aliphatic carboxylic acids is 1. The van der Waals surface area contributed by atoms with Gasteiger partial charge >= 0.3 is 5.97 Å². The van der Waals surface area contributed by atoms with E-state index >= 15 is 0 Å². The predicted octanol–water partition coefficient (Wildman–Crippen LogP) is -0.201. The SMILES string of the molecule is CCS(=N)CC(N)C(=O)O. The molecular formula is C5H12N2O2S. The highest BCUT2D eigenvalue weighted by atomic mass is 32.2. The summed E-state index contributed by atoms with van der Waals surface area (Å²) in [6, 6.07) is -0.860. The highest BCUT2D eigenvalue weighted by Gasteiger charge is 2.11. The molecule has 0 saturated heterocycles. The summed E-state index contributed by atoms with van der Waals surface area (Å²) in [6.45, 7) is 1.85. The van der Waals surface area contributed by atoms with Crippen LogP contribution in [0, 0.1) is 4.78 Å². The zero-order valence-electron chi connectivity index (χ0n) is 5.83. The van der Waals surface area contributed by atoms with Crippen LogP contribution >= 0.6 is 0 Å². The van der Waals surface area contributed by atoms with Crippen LogP contribution in [0.3, 0.4) is 0 Å². The lowest BCUT2D eigenvalue weighted by atomic mass is 10.4. The molecule has 0 radical (unpaired) electrons. The van der Waals surface area contributed by atoms with Crippen molar-refractivity contribution in [2.24, 2.45) is 5.73 Å². The standard InChI is InChI=1S/C5H12N2O2S/c1-2-10(7)3-4(6)5(8)9/h4,7H,2-3,6H2,1H3,(H,8,9). The van der Waals surface area contributed by atoms with Gasteiger partial charge in [0.15, 0.2) is 0 Å². The second-order valence-electron chi connectivity index (χ2n) is 1.89. The Kier molecular flexibility index (Phi) is 4.22. The van der Waals surface area contributed by atoms with Gasteiger partial charge < -0.3 is 10.8 Å². The van der Waals surface area contributed by atoms with Crippen LogP contribution in [-0.4, -0.2) is 28.6 Å². The molecule has 0 spiro atoms. The van der Waals surface area contributed by atoms with Gasteiger partial charge in [0.2, 0.25) is 0 Å². The molecule has 4 N–H and O–H groups in total. The fraction of sp³-hybridized carbons (Fsp3) is 0.800. The van der Waals surface area contributed by atoms with Gasteiger partial charge in [-0.3, -0.25) is 9.57 Å². The van der Waals surface area contributed by atoms with Crippen molar-refractivity contribution in [2.45, 2.75) is 13.0 Å². The maximum absolute atomic E-state index is 10.1. The van der Waals surface area contributed by atoms with Gasteiger partial charge in [0.1, 0.15) is 6.04 Å². The lowest BCUT2D eigenvalue weighted by Crippen LogP contribution is -2.35. The molecule has 2 unspecified atom stereocenters. The van der Waals surface area contributed by atoms with E-state index in [1.165, 1.54) is 0 Å². The normalized spacial score (nSPS) is 16.2. The molecule has 0 saturated carbocycles. The molecule has 0 rings (SSSR count). The van der Waals surface area contributed by atoms with Gasteiger partial charge in [-0.15, -0.1) is 10.7 Å². The van der Waals surface area contributed by atoms with E-state index in [-0.39, 0.29) is 5.75 Å². The summed E-state index contributed by atoms with van der Waals surface area (Å²) in [7, 11) is -0.583. The maximum Gasteiger partial charge on any atom is 0.321 e. The number of carbonyl (C=O) groups is 1. The Balaban J connectivity index is 3.68. The average Bonchev–Trinajstić information content (AvgIpc) is 1.87. The first-order chi connectivity index (χ1) is 4.57. The van der Waals surface area contributed by atoms with Crippen molar-refractivity contribution in [3.05, 3.63) is 0 Å². The zero-order chi connectivity index (χ0) is 8.15. The van der Waals surface area contributed by atoms with Crippen LogP contribution in [0.15, 0.2) is 0 Å². The van der Waals surface area contributed by atoms with Crippen LogP contribution in [-0.2, 0) is 15.5 Å². The van der Waals surface area contributed by atoms with E-state index in [1.807, 2.05) is 6.92 Å². The van der Waals surface area contributed by atoms with Crippen LogP contribution < -0.4 is 5.73 Å². The molecule has 5 heteroatoms. The second-order valence-corrected chi connectivity index (χ2v) is 3.79. The van der Waals surface area contributed by atoms with Crippen molar-refractivity contribution in [3.8, 4) is 0 Å². The molecule has 2 atom stereocenters. The fourth-order valence-corrected chi connectivity index (χ4v) is 1.22. The Hall–Kier alpha value is -0.420. The third kappa shape index (κ3) is 3.58. The van der Waals surface area contributed by atoms with Crippen LogP contribution in [0.4, 0.5) is 0 Å². The first kappa shape index (κ1) is 9.58. The van der Waals surface area contributed by atoms with E-state index in [0.717, 1.165) is 0 Å². The molecule has 0 amide bonds. The monoisotopic (exact) mass is 164 g/mol. The van der Waals surface area contributed by atoms with Gasteiger partial charge in [-0.25, -0.2) is 0 Å². The summed E-state index contributed by atoms with van der Waals surface area (Å²) in [5.41, 5.74) is 5.18. The zero-order valence-corrected chi connectivity index (χ0v) is 6.65. The molecule has 0 aromatic rings. The van der Waals surface area contributed by atoms with E-state index < -0.39 is 22.7 Å². The van der Waals surface area contributed by atoms with Crippen molar-refractivity contribution in [1.82, 2.24) is 0 Å². The molecule has 0 bridgehead atoms. The van der Waals surface area contributed by atoms with Gasteiger partial charge in [0.05, 0.1) is 0 Å². The van der Waals surface area contributed by atoms with Crippen LogP contribution in [0.25, 0.3) is 0 Å². The molecular weight excluding hydrogens is 152 g/mol. The number of nitrogens with one attached hydrogen (secondary N) is 1. The van der Waals surface area contributed by atoms with E-state index in [2.05, 4.69) is 0 Å². The topological polar surface area (TPSA) is 87.2 Å². The molecule has 0 aliphatic rings. The lowest BCUT2D eigenvalue weighted by molar-refractivity contribution is -0.137. The number of carboxylic acids is 1. The summed E-state index contributed by atoms with van der Waals surface area (Å²) in [6.07, 6.45) is 0. The molecule has 0 aromatic heterocycles. The molecule has 0 heterocycles. The van der Waals surface area contributed by atoms with Crippen molar-refractivity contribution >= 4 is 16.7 Å². The molecule has 0 aliphatic carbocycles. The molecule has 60 valence electrons. The Morgan fingerprint density at radius 3 is 2.70 bits per heavy atom. The Labute approximate surface area is 62.3 Å². The van der Waals surface area contributed by atoms with E-state index in [1.54, 1.807) is 0 Å². The predicted molar refractivity (Wildman–Crippen MR) is 41.1 cm³/mol. The Bertz CT molecular complexity index is 149. The molecule has 0 fully saturated rings. The quantitative estimate of drug-likeness (QED) is 0.537. The van der Waals surface area contributed by atoms with E-state index in [0.29, 0.717) is 5.75 Å². The van der Waals surface area contributed by atoms with Gasteiger partial charge in [-0.2, -0.15) is 0 Å². The number of hydrogen-bond donors (Lipinski definition) is 3. The third-order valence-corrected chi connectivity index (χ3v) is 2.50. The second kappa shape index (κ2) is 4.40. The Morgan fingerprint density at radius 2 is 2.40 bits per heavy atom. The molecule has 4 nitrogen and oxygen atoms in total. The number of carboxylic acid groups (broad SMARTS) is 1. The van der Waals surface area contributed by atoms with Crippen LogP contribution in [0.2, 0.25) is 0 Å². The minimum Gasteiger partial charge on any atom is -0.480 e. The highest BCUT2D eigenvalue weighted by molar-refractivity contribution is 7.86. The summed E-state index contributed by atoms with van der Waals surface area (Å²) in [4.78, 5) is 10.1. The maximum atomic E-state index is 10.1. The number of nitrogens with two attached hydrogens (primary N) is 1. The largest absolute Gasteiger partial charge is 0.480 e. The smallest absolute Gasteiger partial charge is 0.321 e. The number of rotatable bonds is 4. The summed E-state index contributed by atoms with van der Waals surface area (Å²) >= 11 is 0. The van der Waals surface area contributed by atoms with E-state index in [9.17, 15) is 4.79 Å². The van der Waals surface area contributed by atoms with Crippen LogP contribution in [0.1, 0.15) is 6.92 Å². The van der Waals surface area contributed by atoms with Crippen molar-refractivity contribution in [3.63, 3.8) is 0 Å². The lowest BCUT2D eigenvalue weighted by Gasteiger charge is -2.05. The van der Waals surface area contributed by atoms with Gasteiger partial charge in [-0.05, 0) is 0 Å². The molecule has 10 heavy (non-hydrogen) atoms. The van der Waals surface area contributed by atoms with Gasteiger partial charge in [0.25, 0.3) is 0 Å².